The molecule has 0 aliphatic rings. The Hall–Kier alpha value is -1.55. The average Bonchev–Trinajstić information content (AvgIpc) is 2.81. The van der Waals surface area contributed by atoms with Crippen LogP contribution in [0.3, 0.4) is 0 Å². The number of nitrogens with one attached hydrogen (secondary N) is 1. The summed E-state index contributed by atoms with van der Waals surface area (Å²) >= 11 is 0. The van der Waals surface area contributed by atoms with Gasteiger partial charge in [-0.3, -0.25) is 4.90 Å². The van der Waals surface area contributed by atoms with E-state index in [4.69, 9.17) is 4.74 Å². The Morgan fingerprint density at radius 1 is 1.19 bits per heavy atom. The third-order valence-corrected chi connectivity index (χ3v) is 4.00. The van der Waals surface area contributed by atoms with E-state index < -0.39 is 0 Å². The van der Waals surface area contributed by atoms with Gasteiger partial charge in [0.1, 0.15) is 0 Å². The van der Waals surface area contributed by atoms with Gasteiger partial charge in [-0.15, -0.1) is 0 Å². The van der Waals surface area contributed by atoms with Crippen molar-refractivity contribution in [2.45, 2.75) is 46.2 Å². The van der Waals surface area contributed by atoms with Crippen molar-refractivity contribution < 1.29 is 9.13 Å². The second-order valence-electron chi connectivity index (χ2n) is 5.99. The quantitative estimate of drug-likeness (QED) is 0.872. The summed E-state index contributed by atoms with van der Waals surface area (Å²) in [6.07, 6.45) is 2.83. The molecule has 1 aromatic carbocycles. The van der Waals surface area contributed by atoms with Crippen LogP contribution in [-0.4, -0.2) is 35.6 Å². The lowest BCUT2D eigenvalue weighted by Crippen LogP contribution is -2.38. The van der Waals surface area contributed by atoms with Gasteiger partial charge in [-0.25, -0.2) is 4.39 Å². The zero-order chi connectivity index (χ0) is 15.6. The van der Waals surface area contributed by atoms with E-state index in [0.717, 1.165) is 29.4 Å². The molecule has 0 bridgehead atoms. The van der Waals surface area contributed by atoms with E-state index in [0.29, 0.717) is 17.8 Å². The Morgan fingerprint density at radius 3 is 2.43 bits per heavy atom. The van der Waals surface area contributed by atoms with E-state index >= 15 is 0 Å². The molecule has 0 aliphatic heterocycles. The maximum atomic E-state index is 13.9. The van der Waals surface area contributed by atoms with E-state index in [1.54, 1.807) is 6.07 Å². The summed E-state index contributed by atoms with van der Waals surface area (Å²) in [6.45, 7) is 9.76. The van der Waals surface area contributed by atoms with Crippen LogP contribution in [0.25, 0.3) is 10.9 Å². The van der Waals surface area contributed by atoms with Crippen LogP contribution in [0.4, 0.5) is 4.39 Å². The highest BCUT2D eigenvalue weighted by molar-refractivity contribution is 5.89. The smallest absolute Gasteiger partial charge is 0.165 e. The number of benzene rings is 1. The van der Waals surface area contributed by atoms with Crippen LogP contribution >= 0.6 is 0 Å². The van der Waals surface area contributed by atoms with Crippen LogP contribution in [0.2, 0.25) is 0 Å². The second kappa shape index (κ2) is 6.48. The Balaban J connectivity index is 2.29. The number of hydrogen-bond acceptors (Lipinski definition) is 2. The minimum atomic E-state index is -0.310. The monoisotopic (exact) mass is 292 g/mol. The van der Waals surface area contributed by atoms with Crippen molar-refractivity contribution >= 4 is 10.9 Å². The third kappa shape index (κ3) is 3.21. The lowest BCUT2D eigenvalue weighted by Gasteiger charge is -2.30. The zero-order valence-electron chi connectivity index (χ0n) is 13.5. The maximum Gasteiger partial charge on any atom is 0.165 e. The van der Waals surface area contributed by atoms with Gasteiger partial charge in [-0.05, 0) is 51.8 Å². The largest absolute Gasteiger partial charge is 0.493 e. The van der Waals surface area contributed by atoms with Gasteiger partial charge in [0.25, 0.3) is 0 Å². The summed E-state index contributed by atoms with van der Waals surface area (Å²) in [7, 11) is 1.52. The minimum Gasteiger partial charge on any atom is -0.493 e. The van der Waals surface area contributed by atoms with Crippen LogP contribution in [-0.2, 0) is 6.42 Å². The Kier molecular flexibility index (Phi) is 4.88. The fraction of sp³-hybridized carbons (Fsp3) is 0.529. The van der Waals surface area contributed by atoms with Crippen molar-refractivity contribution in [3.05, 3.63) is 29.7 Å². The van der Waals surface area contributed by atoms with Crippen LogP contribution in [0.1, 0.15) is 33.3 Å². The summed E-state index contributed by atoms with van der Waals surface area (Å²) in [5.41, 5.74) is 2.02. The van der Waals surface area contributed by atoms with Crippen molar-refractivity contribution in [3.8, 4) is 5.75 Å². The molecule has 0 spiro atoms. The van der Waals surface area contributed by atoms with Crippen molar-refractivity contribution in [2.75, 3.05) is 13.7 Å². The molecule has 2 aromatic rings. The number of ether oxygens (including phenoxy) is 1. The Bertz CT molecular complexity index is 596. The molecule has 4 heteroatoms. The standard InChI is InChI=1S/C17H25FN2O/c1-11(2)20(12(3)4)9-8-13-10-19-15-7-6-14(18)17(21-5)16(13)15/h6-7,10-12,19H,8-9H2,1-5H3. The highest BCUT2D eigenvalue weighted by atomic mass is 19.1. The summed E-state index contributed by atoms with van der Waals surface area (Å²) in [5.74, 6) is 0.0276. The van der Waals surface area contributed by atoms with Gasteiger partial charge >= 0.3 is 0 Å². The average molecular weight is 292 g/mol. The van der Waals surface area contributed by atoms with Crippen LogP contribution in [0.15, 0.2) is 18.3 Å². The Labute approximate surface area is 126 Å². The molecule has 1 heterocycles. The van der Waals surface area contributed by atoms with Crippen LogP contribution < -0.4 is 4.74 Å². The molecule has 21 heavy (non-hydrogen) atoms. The molecular weight excluding hydrogens is 267 g/mol. The maximum absolute atomic E-state index is 13.9. The van der Waals surface area contributed by atoms with Gasteiger partial charge in [0, 0.05) is 35.7 Å². The first-order chi connectivity index (χ1) is 9.95. The molecule has 0 saturated heterocycles. The lowest BCUT2D eigenvalue weighted by molar-refractivity contribution is 0.177. The molecule has 1 N–H and O–H groups in total. The normalized spacial score (nSPS) is 12.0. The number of H-pyrrole nitrogens is 1. The summed E-state index contributed by atoms with van der Waals surface area (Å²) < 4.78 is 19.1. The fourth-order valence-corrected chi connectivity index (χ4v) is 2.99. The molecule has 0 fully saturated rings. The molecule has 0 unspecified atom stereocenters. The van der Waals surface area contributed by atoms with E-state index in [9.17, 15) is 4.39 Å². The van der Waals surface area contributed by atoms with Gasteiger partial charge in [0.05, 0.1) is 7.11 Å². The molecule has 1 aromatic heterocycles. The number of halogens is 1. The molecule has 3 nitrogen and oxygen atoms in total. The lowest BCUT2D eigenvalue weighted by atomic mass is 10.1. The first-order valence-corrected chi connectivity index (χ1v) is 7.53. The number of aromatic nitrogens is 1. The predicted molar refractivity (Wildman–Crippen MR) is 85.5 cm³/mol. The fourth-order valence-electron chi connectivity index (χ4n) is 2.99. The molecule has 0 radical (unpaired) electrons. The number of nitrogens with zero attached hydrogens (tertiary/aromatic N) is 1. The topological polar surface area (TPSA) is 28.3 Å². The predicted octanol–water partition coefficient (Wildman–Crippen LogP) is 3.98. The van der Waals surface area contributed by atoms with Gasteiger partial charge < -0.3 is 9.72 Å². The Morgan fingerprint density at radius 2 is 1.86 bits per heavy atom. The first kappa shape index (κ1) is 15.8. The third-order valence-electron chi connectivity index (χ3n) is 4.00. The molecule has 116 valence electrons. The van der Waals surface area contributed by atoms with Crippen molar-refractivity contribution in [2.24, 2.45) is 0 Å². The van der Waals surface area contributed by atoms with E-state index in [1.807, 2.05) is 6.20 Å². The molecule has 2 rings (SSSR count). The molecular formula is C17H25FN2O. The van der Waals surface area contributed by atoms with Gasteiger partial charge in [-0.2, -0.15) is 0 Å². The van der Waals surface area contributed by atoms with Gasteiger partial charge in [-0.1, -0.05) is 0 Å². The second-order valence-corrected chi connectivity index (χ2v) is 5.99. The minimum absolute atomic E-state index is 0.310. The first-order valence-electron chi connectivity index (χ1n) is 7.53. The molecule has 0 atom stereocenters. The number of rotatable bonds is 6. The molecule has 0 amide bonds. The SMILES string of the molecule is COc1c(F)ccc2[nH]cc(CCN(C(C)C)C(C)C)c12. The summed E-state index contributed by atoms with van der Waals surface area (Å²) in [4.78, 5) is 5.64. The van der Waals surface area contributed by atoms with Crippen molar-refractivity contribution in [1.82, 2.24) is 9.88 Å². The van der Waals surface area contributed by atoms with Crippen molar-refractivity contribution in [3.63, 3.8) is 0 Å². The van der Waals surface area contributed by atoms with E-state index in [-0.39, 0.29) is 5.82 Å². The van der Waals surface area contributed by atoms with Crippen LogP contribution in [0.5, 0.6) is 5.75 Å². The van der Waals surface area contributed by atoms with Crippen LogP contribution in [0, 0.1) is 5.82 Å². The van der Waals surface area contributed by atoms with Gasteiger partial charge in [0.2, 0.25) is 0 Å². The van der Waals surface area contributed by atoms with E-state index in [2.05, 4.69) is 37.6 Å². The number of methoxy groups -OCH3 is 1. The van der Waals surface area contributed by atoms with E-state index in [1.165, 1.54) is 13.2 Å². The number of fused-ring (bicyclic) bond motifs is 1. The highest BCUT2D eigenvalue weighted by Gasteiger charge is 2.17. The van der Waals surface area contributed by atoms with Crippen molar-refractivity contribution in [1.29, 1.82) is 0 Å². The highest BCUT2D eigenvalue weighted by Crippen LogP contribution is 2.31. The summed E-state index contributed by atoms with van der Waals surface area (Å²) in [5, 5.41) is 0.866. The van der Waals surface area contributed by atoms with Gasteiger partial charge in [0.15, 0.2) is 11.6 Å². The molecule has 0 aliphatic carbocycles. The number of aromatic amines is 1. The summed E-state index contributed by atoms with van der Waals surface area (Å²) in [6, 6.07) is 4.19. The molecule has 0 saturated carbocycles. The zero-order valence-corrected chi connectivity index (χ0v) is 13.5. The number of hydrogen-bond donors (Lipinski definition) is 1.